The van der Waals surface area contributed by atoms with Gasteiger partial charge >= 0.3 is 0 Å². The monoisotopic (exact) mass is 317 g/mol. The fourth-order valence-electron chi connectivity index (χ4n) is 2.41. The molecule has 110 valence electrons. The summed E-state index contributed by atoms with van der Waals surface area (Å²) < 4.78 is 28.5. The molecule has 7 heteroatoms. The predicted molar refractivity (Wildman–Crippen MR) is 78.3 cm³/mol. The van der Waals surface area contributed by atoms with E-state index >= 15 is 0 Å². The van der Waals surface area contributed by atoms with Gasteiger partial charge in [0.1, 0.15) is 11.6 Å². The van der Waals surface area contributed by atoms with Crippen molar-refractivity contribution in [3.63, 3.8) is 0 Å². The van der Waals surface area contributed by atoms with Crippen molar-refractivity contribution < 1.29 is 17.9 Å². The van der Waals surface area contributed by atoms with Crippen LogP contribution in [0.25, 0.3) is 0 Å². The van der Waals surface area contributed by atoms with Gasteiger partial charge in [0, 0.05) is 0 Å². The van der Waals surface area contributed by atoms with Crippen molar-refractivity contribution >= 4 is 33.0 Å². The van der Waals surface area contributed by atoms with Gasteiger partial charge in [-0.25, -0.2) is 8.42 Å². The fourth-order valence-corrected chi connectivity index (χ4v) is 4.24. The number of sulfone groups is 1. The summed E-state index contributed by atoms with van der Waals surface area (Å²) in [5.41, 5.74) is 0.558. The van der Waals surface area contributed by atoms with E-state index in [4.69, 9.17) is 16.3 Å². The van der Waals surface area contributed by atoms with E-state index in [0.717, 1.165) is 0 Å². The molecule has 20 heavy (non-hydrogen) atoms. The molecule has 1 amide bonds. The molecule has 0 saturated carbocycles. The van der Waals surface area contributed by atoms with Crippen LogP contribution < -0.4 is 9.64 Å². The summed E-state index contributed by atoms with van der Waals surface area (Å²) in [6, 6.07) is 6.64. The molecule has 0 aromatic heterocycles. The number of halogens is 1. The zero-order valence-electron chi connectivity index (χ0n) is 11.1. The topological polar surface area (TPSA) is 63.7 Å². The Morgan fingerprint density at radius 2 is 2.15 bits per heavy atom. The van der Waals surface area contributed by atoms with E-state index in [0.29, 0.717) is 17.9 Å². The first-order valence-electron chi connectivity index (χ1n) is 6.20. The Bertz CT molecular complexity index is 602. The third kappa shape index (κ3) is 3.07. The summed E-state index contributed by atoms with van der Waals surface area (Å²) in [5, 5.41) is 0. The highest BCUT2D eigenvalue weighted by molar-refractivity contribution is 7.91. The number of anilines is 1. The first-order chi connectivity index (χ1) is 9.48. The molecule has 1 fully saturated rings. The molecule has 1 aromatic carbocycles. The molecule has 1 aliphatic rings. The van der Waals surface area contributed by atoms with Gasteiger partial charge in [0.15, 0.2) is 9.84 Å². The molecular formula is C13H16ClNO4S. The van der Waals surface area contributed by atoms with E-state index in [2.05, 4.69) is 0 Å². The van der Waals surface area contributed by atoms with E-state index in [-0.39, 0.29) is 29.3 Å². The number of carbonyl (C=O) groups excluding carboxylic acids is 1. The molecule has 1 aliphatic heterocycles. The number of rotatable bonds is 4. The molecule has 2 rings (SSSR count). The molecule has 1 atom stereocenters. The van der Waals surface area contributed by atoms with Gasteiger partial charge < -0.3 is 9.64 Å². The lowest BCUT2D eigenvalue weighted by molar-refractivity contribution is -0.116. The van der Waals surface area contributed by atoms with Crippen LogP contribution >= 0.6 is 11.6 Å². The number of ether oxygens (including phenoxy) is 1. The number of nitrogens with zero attached hydrogens (tertiary/aromatic N) is 1. The van der Waals surface area contributed by atoms with Crippen molar-refractivity contribution in [1.29, 1.82) is 0 Å². The SMILES string of the molecule is COc1ccccc1N(C(=O)CCl)C1CCS(=O)(=O)C1. The van der Waals surface area contributed by atoms with Crippen LogP contribution in [0.2, 0.25) is 0 Å². The van der Waals surface area contributed by atoms with Gasteiger partial charge in [-0.3, -0.25) is 4.79 Å². The van der Waals surface area contributed by atoms with Gasteiger partial charge in [0.2, 0.25) is 5.91 Å². The van der Waals surface area contributed by atoms with E-state index in [1.807, 2.05) is 0 Å². The Labute approximate surface area is 123 Å². The normalized spacial score (nSPS) is 20.6. The zero-order chi connectivity index (χ0) is 14.8. The van der Waals surface area contributed by atoms with Crippen molar-refractivity contribution in [3.05, 3.63) is 24.3 Å². The molecule has 1 heterocycles. The lowest BCUT2D eigenvalue weighted by atomic mass is 10.1. The maximum Gasteiger partial charge on any atom is 0.242 e. The van der Waals surface area contributed by atoms with E-state index < -0.39 is 9.84 Å². The Hall–Kier alpha value is -1.27. The first kappa shape index (κ1) is 15.1. The summed E-state index contributed by atoms with van der Waals surface area (Å²) in [4.78, 5) is 13.6. The Morgan fingerprint density at radius 1 is 1.45 bits per heavy atom. The quantitative estimate of drug-likeness (QED) is 0.789. The second kappa shape index (κ2) is 6.01. The molecule has 0 N–H and O–H groups in total. The summed E-state index contributed by atoms with van der Waals surface area (Å²) in [7, 11) is -1.58. The van der Waals surface area contributed by atoms with Crippen LogP contribution in [0.4, 0.5) is 5.69 Å². The van der Waals surface area contributed by atoms with Gasteiger partial charge in [0.05, 0.1) is 30.3 Å². The van der Waals surface area contributed by atoms with Gasteiger partial charge in [-0.15, -0.1) is 11.6 Å². The van der Waals surface area contributed by atoms with Crippen molar-refractivity contribution in [2.24, 2.45) is 0 Å². The van der Waals surface area contributed by atoms with E-state index in [1.54, 1.807) is 24.3 Å². The van der Waals surface area contributed by atoms with Crippen LogP contribution in [0.15, 0.2) is 24.3 Å². The maximum atomic E-state index is 12.1. The van der Waals surface area contributed by atoms with Crippen LogP contribution in [0, 0.1) is 0 Å². The largest absolute Gasteiger partial charge is 0.495 e. The fraction of sp³-hybridized carbons (Fsp3) is 0.462. The Kier molecular flexibility index (Phi) is 4.55. The average molecular weight is 318 g/mol. The molecule has 0 aliphatic carbocycles. The number of hydrogen-bond acceptors (Lipinski definition) is 4. The first-order valence-corrected chi connectivity index (χ1v) is 8.55. The van der Waals surface area contributed by atoms with Crippen LogP contribution in [0.3, 0.4) is 0 Å². The lowest BCUT2D eigenvalue weighted by Crippen LogP contribution is -2.42. The van der Waals surface area contributed by atoms with Crippen LogP contribution in [0.5, 0.6) is 5.75 Å². The Balaban J connectivity index is 2.41. The van der Waals surface area contributed by atoms with Crippen molar-refractivity contribution in [2.75, 3.05) is 29.4 Å². The molecule has 0 bridgehead atoms. The highest BCUT2D eigenvalue weighted by atomic mass is 35.5. The summed E-state index contributed by atoms with van der Waals surface area (Å²) in [6.45, 7) is 0. The van der Waals surface area contributed by atoms with Crippen molar-refractivity contribution in [2.45, 2.75) is 12.5 Å². The van der Waals surface area contributed by atoms with Crippen molar-refractivity contribution in [1.82, 2.24) is 0 Å². The maximum absolute atomic E-state index is 12.1. The smallest absolute Gasteiger partial charge is 0.242 e. The number of amides is 1. The second-order valence-electron chi connectivity index (χ2n) is 4.63. The number of methoxy groups -OCH3 is 1. The number of hydrogen-bond donors (Lipinski definition) is 0. The highest BCUT2D eigenvalue weighted by Gasteiger charge is 2.36. The minimum atomic E-state index is -3.09. The highest BCUT2D eigenvalue weighted by Crippen LogP contribution is 2.32. The van der Waals surface area contributed by atoms with Crippen LogP contribution in [0.1, 0.15) is 6.42 Å². The molecular weight excluding hydrogens is 302 g/mol. The predicted octanol–water partition coefficient (Wildman–Crippen LogP) is 1.45. The van der Waals surface area contributed by atoms with Gasteiger partial charge in [0.25, 0.3) is 0 Å². The standard InChI is InChI=1S/C13H16ClNO4S/c1-19-12-5-3-2-4-11(12)15(13(16)8-14)10-6-7-20(17,18)9-10/h2-5,10H,6-9H2,1H3. The van der Waals surface area contributed by atoms with E-state index in [9.17, 15) is 13.2 Å². The molecule has 1 saturated heterocycles. The van der Waals surface area contributed by atoms with Crippen LogP contribution in [-0.2, 0) is 14.6 Å². The summed E-state index contributed by atoms with van der Waals surface area (Å²) in [6.07, 6.45) is 0.420. The Morgan fingerprint density at radius 3 is 2.70 bits per heavy atom. The number of para-hydroxylation sites is 2. The summed E-state index contributed by atoms with van der Waals surface area (Å²) in [5.74, 6) is 0.0646. The third-order valence-electron chi connectivity index (χ3n) is 3.30. The lowest BCUT2D eigenvalue weighted by Gasteiger charge is -2.29. The second-order valence-corrected chi connectivity index (χ2v) is 7.12. The minimum absolute atomic E-state index is 0.0341. The molecule has 5 nitrogen and oxygen atoms in total. The van der Waals surface area contributed by atoms with Crippen molar-refractivity contribution in [3.8, 4) is 5.75 Å². The number of carbonyl (C=O) groups is 1. The summed E-state index contributed by atoms with van der Waals surface area (Å²) >= 11 is 5.66. The van der Waals surface area contributed by atoms with Gasteiger partial charge in [-0.05, 0) is 18.6 Å². The molecule has 0 radical (unpaired) electrons. The average Bonchev–Trinajstić information content (AvgIpc) is 2.79. The van der Waals surface area contributed by atoms with E-state index in [1.165, 1.54) is 12.0 Å². The van der Waals surface area contributed by atoms with Crippen LogP contribution in [-0.4, -0.2) is 44.9 Å². The third-order valence-corrected chi connectivity index (χ3v) is 5.28. The molecule has 1 aromatic rings. The number of benzene rings is 1. The zero-order valence-corrected chi connectivity index (χ0v) is 12.7. The van der Waals surface area contributed by atoms with Gasteiger partial charge in [-0.2, -0.15) is 0 Å². The van der Waals surface area contributed by atoms with Gasteiger partial charge in [-0.1, -0.05) is 12.1 Å². The molecule has 1 unspecified atom stereocenters. The molecule has 0 spiro atoms. The number of alkyl halides is 1. The minimum Gasteiger partial charge on any atom is -0.495 e.